The fourth-order valence-electron chi connectivity index (χ4n) is 5.69. The average Bonchev–Trinajstić information content (AvgIpc) is 3.02. The van der Waals surface area contributed by atoms with Crippen molar-refractivity contribution < 1.29 is 55.5 Å². The number of nitrogens with zero attached hydrogens (tertiary/aromatic N) is 1. The molecule has 0 unspecified atom stereocenters. The highest BCUT2D eigenvalue weighted by Crippen LogP contribution is 2.46. The quantitative estimate of drug-likeness (QED) is 0.0346. The summed E-state index contributed by atoms with van der Waals surface area (Å²) < 4.78 is 71.6. The molecular weight excluding hydrogens is 697 g/mol. The molecule has 0 radical (unpaired) electrons. The summed E-state index contributed by atoms with van der Waals surface area (Å²) in [6.45, 7) is 0.0222. The number of aromatic carboxylic acids is 1. The van der Waals surface area contributed by atoms with E-state index in [9.17, 15) is 40.9 Å². The predicted molar refractivity (Wildman–Crippen MR) is 180 cm³/mol. The van der Waals surface area contributed by atoms with Crippen LogP contribution in [-0.4, -0.2) is 78.7 Å². The summed E-state index contributed by atoms with van der Waals surface area (Å²) in [7, 11) is -9.76. The van der Waals surface area contributed by atoms with E-state index in [1.807, 2.05) is 0 Å². The van der Waals surface area contributed by atoms with Gasteiger partial charge in [0.15, 0.2) is 16.2 Å². The molecule has 1 amide bonds. The molecule has 2 aliphatic rings. The highest BCUT2D eigenvalue weighted by molar-refractivity contribution is 7.89. The molecule has 0 saturated carbocycles. The van der Waals surface area contributed by atoms with Gasteiger partial charge in [-0.3, -0.25) is 14.8 Å². The van der Waals surface area contributed by atoms with Crippen molar-refractivity contribution in [2.24, 2.45) is 0 Å². The second-order valence-corrected chi connectivity index (χ2v) is 14.6. The number of amides is 1. The van der Waals surface area contributed by atoms with Crippen LogP contribution in [0.3, 0.4) is 0 Å². The molecule has 0 aromatic heterocycles. The van der Waals surface area contributed by atoms with Crippen LogP contribution in [0.2, 0.25) is 0 Å². The Hall–Kier alpha value is -5.04. The molecule has 1 aliphatic heterocycles. The Morgan fingerprint density at radius 2 is 1.48 bits per heavy atom. The Morgan fingerprint density at radius 3 is 2.10 bits per heavy atom. The number of nitrogen functional groups attached to an aromatic ring is 1. The van der Waals surface area contributed by atoms with Gasteiger partial charge < -0.3 is 30.8 Å². The maximum atomic E-state index is 14.6. The summed E-state index contributed by atoms with van der Waals surface area (Å²) in [4.78, 5) is 32.6. The Kier molecular flexibility index (Phi) is 11.8. The number of rotatable bonds is 17. The van der Waals surface area contributed by atoms with Gasteiger partial charge in [0.05, 0.1) is 16.6 Å². The number of anilines is 1. The Labute approximate surface area is 286 Å². The van der Waals surface area contributed by atoms with Crippen LogP contribution in [-0.2, 0) is 24.9 Å². The van der Waals surface area contributed by atoms with Gasteiger partial charge in [-0.1, -0.05) is 31.0 Å². The number of unbranched alkanes of at least 4 members (excludes halogenated alkanes) is 4. The lowest BCUT2D eigenvalue weighted by molar-refractivity contribution is -0.137. The lowest BCUT2D eigenvalue weighted by Gasteiger charge is -2.25. The Bertz CT molecular complexity index is 2180. The number of carboxylic acid groups (broad SMARTS) is 3. The minimum atomic E-state index is -5.15. The smallest absolute Gasteiger partial charge is 0.404 e. The Morgan fingerprint density at radius 1 is 0.820 bits per heavy atom. The van der Waals surface area contributed by atoms with Gasteiger partial charge in [-0.05, 0) is 61.6 Å². The number of fused-ring (bicyclic) bond motifs is 2. The molecule has 4 rings (SSSR count). The Balaban J connectivity index is 1.98. The number of hydrogen-bond donors (Lipinski definition) is 7. The van der Waals surface area contributed by atoms with E-state index in [0.29, 0.717) is 32.1 Å². The zero-order chi connectivity index (χ0) is 36.8. The van der Waals surface area contributed by atoms with Crippen molar-refractivity contribution in [1.82, 2.24) is 9.62 Å². The lowest BCUT2D eigenvalue weighted by atomic mass is 9.90. The van der Waals surface area contributed by atoms with Gasteiger partial charge in [-0.25, -0.2) is 18.0 Å². The van der Waals surface area contributed by atoms with Gasteiger partial charge in [-0.2, -0.15) is 12.7 Å². The van der Waals surface area contributed by atoms with Crippen LogP contribution >= 0.6 is 0 Å². The van der Waals surface area contributed by atoms with E-state index in [1.54, 1.807) is 0 Å². The standard InChI is InChI=1S/C32H36N4O12S2/c33-23-14-12-21-26(19-9-4-5-10-20(19)31(39)40)22-13-15-24(34)30(50(45,46)47)28(22)48-27(21)29(23)49(43,44)36(17-7-1-3-11-25(37)38)18-8-2-6-16-35-32(41)42/h4-5,9-10,12-15,34-35H,1-3,6-8,11,16-18,33H2,(H,37,38)(H,39,40)(H,41,42)(H,45,46,47). The number of nitrogens with one attached hydrogen (secondary N) is 2. The third-order valence-corrected chi connectivity index (χ3v) is 10.8. The van der Waals surface area contributed by atoms with Gasteiger partial charge >= 0.3 is 18.0 Å². The number of carbonyl (C=O) groups is 3. The van der Waals surface area contributed by atoms with Gasteiger partial charge in [0.1, 0.15) is 4.90 Å². The van der Waals surface area contributed by atoms with Crippen molar-refractivity contribution in [3.8, 4) is 22.5 Å². The summed E-state index contributed by atoms with van der Waals surface area (Å²) in [5, 5.41) is 37.7. The largest absolute Gasteiger partial charge is 0.481 e. The maximum Gasteiger partial charge on any atom is 0.404 e. The third-order valence-electron chi connectivity index (χ3n) is 7.94. The second kappa shape index (κ2) is 15.7. The maximum absolute atomic E-state index is 14.6. The minimum absolute atomic E-state index is 0.0341. The van der Waals surface area contributed by atoms with E-state index in [2.05, 4.69) is 5.32 Å². The van der Waals surface area contributed by atoms with E-state index < -0.39 is 64.7 Å². The third kappa shape index (κ3) is 8.39. The van der Waals surface area contributed by atoms with Crippen molar-refractivity contribution in [1.29, 1.82) is 5.41 Å². The predicted octanol–water partition coefficient (Wildman–Crippen LogP) is 4.28. The normalized spacial score (nSPS) is 12.0. The SMILES string of the molecule is N=c1ccc2c(-c3ccccc3C(=O)O)c3ccc(N)c(S(=O)(=O)N(CCCCCNC(=O)O)CCCCCC(=O)O)c3oc-2c1S(=O)(=O)O. The van der Waals surface area contributed by atoms with Gasteiger partial charge in [0.2, 0.25) is 10.0 Å². The zero-order valence-corrected chi connectivity index (χ0v) is 28.2. The molecule has 0 fully saturated rings. The van der Waals surface area contributed by atoms with E-state index in [0.717, 1.165) is 10.4 Å². The van der Waals surface area contributed by atoms with Crippen LogP contribution < -0.4 is 16.4 Å². The molecule has 268 valence electrons. The molecule has 1 heterocycles. The summed E-state index contributed by atoms with van der Waals surface area (Å²) in [6.07, 6.45) is 0.779. The molecule has 16 nitrogen and oxygen atoms in total. The fourth-order valence-corrected chi connectivity index (χ4v) is 8.17. The van der Waals surface area contributed by atoms with Crippen molar-refractivity contribution in [2.75, 3.05) is 25.4 Å². The summed E-state index contributed by atoms with van der Waals surface area (Å²) in [5.74, 6) is -2.94. The molecule has 0 bridgehead atoms. The number of sulfonamides is 1. The minimum Gasteiger partial charge on any atom is -0.481 e. The lowest BCUT2D eigenvalue weighted by Crippen LogP contribution is -2.34. The number of carboxylic acids is 2. The first kappa shape index (κ1) is 37.8. The van der Waals surface area contributed by atoms with Gasteiger partial charge in [0.25, 0.3) is 10.1 Å². The molecule has 8 N–H and O–H groups in total. The van der Waals surface area contributed by atoms with Crippen LogP contribution in [0.5, 0.6) is 0 Å². The highest BCUT2D eigenvalue weighted by Gasteiger charge is 2.34. The molecule has 0 saturated heterocycles. The number of aliphatic carboxylic acids is 1. The topological polar surface area (TPSA) is 279 Å². The molecule has 2 aromatic rings. The first-order valence-electron chi connectivity index (χ1n) is 15.4. The molecule has 0 spiro atoms. The fraction of sp³-hybridized carbons (Fsp3) is 0.312. The monoisotopic (exact) mass is 732 g/mol. The molecule has 50 heavy (non-hydrogen) atoms. The van der Waals surface area contributed by atoms with Crippen molar-refractivity contribution in [2.45, 2.75) is 54.7 Å². The van der Waals surface area contributed by atoms with Gasteiger partial charge in [-0.15, -0.1) is 0 Å². The number of nitrogens with two attached hydrogens (primary N) is 1. The van der Waals surface area contributed by atoms with E-state index in [1.165, 1.54) is 42.5 Å². The summed E-state index contributed by atoms with van der Waals surface area (Å²) in [6, 6.07) is 10.8. The van der Waals surface area contributed by atoms with E-state index >= 15 is 0 Å². The highest BCUT2D eigenvalue weighted by atomic mass is 32.2. The van der Waals surface area contributed by atoms with Gasteiger partial charge in [0, 0.05) is 42.6 Å². The van der Waals surface area contributed by atoms with Crippen LogP contribution in [0.4, 0.5) is 10.5 Å². The number of benzene rings is 3. The van der Waals surface area contributed by atoms with Crippen LogP contribution in [0.25, 0.3) is 33.4 Å². The molecule has 1 aliphatic carbocycles. The first-order valence-corrected chi connectivity index (χ1v) is 18.3. The first-order chi connectivity index (χ1) is 23.6. The van der Waals surface area contributed by atoms with Crippen molar-refractivity contribution in [3.63, 3.8) is 0 Å². The summed E-state index contributed by atoms with van der Waals surface area (Å²) in [5.41, 5.74) is 5.42. The van der Waals surface area contributed by atoms with Crippen molar-refractivity contribution >= 4 is 54.8 Å². The van der Waals surface area contributed by atoms with E-state index in [-0.39, 0.29) is 65.8 Å². The summed E-state index contributed by atoms with van der Waals surface area (Å²) >= 11 is 0. The molecule has 18 heteroatoms. The zero-order valence-electron chi connectivity index (χ0n) is 26.6. The molecule has 2 aromatic carbocycles. The van der Waals surface area contributed by atoms with Crippen LogP contribution in [0.15, 0.2) is 62.7 Å². The molecular formula is C32H36N4O12S2. The van der Waals surface area contributed by atoms with Crippen LogP contribution in [0.1, 0.15) is 55.3 Å². The van der Waals surface area contributed by atoms with E-state index in [4.69, 9.17) is 25.8 Å². The molecule has 0 atom stereocenters. The number of hydrogen-bond acceptors (Lipinski definition) is 10. The van der Waals surface area contributed by atoms with Crippen LogP contribution in [0, 0.1) is 5.41 Å². The second-order valence-electron chi connectivity index (χ2n) is 11.4. The average molecular weight is 733 g/mol. The van der Waals surface area contributed by atoms with Crippen molar-refractivity contribution in [3.05, 3.63) is 59.5 Å².